The van der Waals surface area contributed by atoms with Gasteiger partial charge in [0.2, 0.25) is 5.91 Å². The van der Waals surface area contributed by atoms with Gasteiger partial charge in [0.15, 0.2) is 6.10 Å². The molecule has 0 aliphatic carbocycles. The van der Waals surface area contributed by atoms with E-state index in [0.29, 0.717) is 5.69 Å². The predicted molar refractivity (Wildman–Crippen MR) is 129 cm³/mol. The van der Waals surface area contributed by atoms with Crippen LogP contribution in [-0.2, 0) is 14.4 Å². The second kappa shape index (κ2) is 8.05. The van der Waals surface area contributed by atoms with Gasteiger partial charge in [-0.1, -0.05) is 48.0 Å². The van der Waals surface area contributed by atoms with E-state index >= 15 is 0 Å². The maximum atomic E-state index is 13.8. The SMILES string of the molecule is Cc1ccc(N2C(=O)C3ON(c4ccccc4)C(c4ccc(N(C)C)cc4)C3C2=O)c(C)c1. The second-order valence-corrected chi connectivity index (χ2v) is 8.95. The average molecular weight is 442 g/mol. The Labute approximate surface area is 193 Å². The Kier molecular flexibility index (Phi) is 5.17. The van der Waals surface area contributed by atoms with E-state index in [0.717, 1.165) is 28.1 Å². The van der Waals surface area contributed by atoms with Gasteiger partial charge in [-0.25, -0.2) is 9.96 Å². The molecule has 0 spiro atoms. The molecule has 2 fully saturated rings. The number of hydrogen-bond donors (Lipinski definition) is 0. The zero-order valence-electron chi connectivity index (χ0n) is 19.2. The van der Waals surface area contributed by atoms with Crippen LogP contribution in [0.5, 0.6) is 0 Å². The van der Waals surface area contributed by atoms with Crippen LogP contribution in [0.1, 0.15) is 22.7 Å². The van der Waals surface area contributed by atoms with Crippen molar-refractivity contribution in [3.05, 3.63) is 89.5 Å². The lowest BCUT2D eigenvalue weighted by atomic mass is 9.90. The minimum atomic E-state index is -0.864. The van der Waals surface area contributed by atoms with E-state index in [9.17, 15) is 9.59 Å². The van der Waals surface area contributed by atoms with Crippen molar-refractivity contribution in [3.8, 4) is 0 Å². The lowest BCUT2D eigenvalue weighted by Crippen LogP contribution is -2.37. The van der Waals surface area contributed by atoms with Crippen molar-refractivity contribution in [2.45, 2.75) is 26.0 Å². The number of hydrogen-bond acceptors (Lipinski definition) is 5. The van der Waals surface area contributed by atoms with Gasteiger partial charge < -0.3 is 4.90 Å². The van der Waals surface area contributed by atoms with Crippen LogP contribution in [-0.4, -0.2) is 32.0 Å². The van der Waals surface area contributed by atoms with Gasteiger partial charge in [0.1, 0.15) is 5.92 Å². The molecule has 3 unspecified atom stereocenters. The van der Waals surface area contributed by atoms with Gasteiger partial charge >= 0.3 is 0 Å². The molecule has 0 aromatic heterocycles. The lowest BCUT2D eigenvalue weighted by molar-refractivity contribution is -0.126. The zero-order chi connectivity index (χ0) is 23.3. The summed E-state index contributed by atoms with van der Waals surface area (Å²) in [5, 5.41) is 1.73. The zero-order valence-corrected chi connectivity index (χ0v) is 19.2. The molecule has 3 atom stereocenters. The van der Waals surface area contributed by atoms with Gasteiger partial charge in [-0.3, -0.25) is 14.4 Å². The number of anilines is 3. The highest BCUT2D eigenvalue weighted by molar-refractivity contribution is 6.24. The van der Waals surface area contributed by atoms with E-state index in [2.05, 4.69) is 0 Å². The van der Waals surface area contributed by atoms with E-state index < -0.39 is 18.1 Å². The van der Waals surface area contributed by atoms with Gasteiger partial charge in [-0.15, -0.1) is 0 Å². The molecule has 33 heavy (non-hydrogen) atoms. The van der Waals surface area contributed by atoms with Crippen LogP contribution in [0.15, 0.2) is 72.8 Å². The van der Waals surface area contributed by atoms with Gasteiger partial charge in [-0.2, -0.15) is 0 Å². The third kappa shape index (κ3) is 3.47. The van der Waals surface area contributed by atoms with Crippen LogP contribution < -0.4 is 14.9 Å². The van der Waals surface area contributed by atoms with E-state index in [1.165, 1.54) is 4.90 Å². The number of para-hydroxylation sites is 1. The maximum Gasteiger partial charge on any atom is 0.266 e. The van der Waals surface area contributed by atoms with Crippen LogP contribution in [0, 0.1) is 19.8 Å². The summed E-state index contributed by atoms with van der Waals surface area (Å²) in [6, 6.07) is 23.0. The molecular weight excluding hydrogens is 414 g/mol. The van der Waals surface area contributed by atoms with Crippen molar-refractivity contribution in [2.75, 3.05) is 29.0 Å². The number of hydroxylamine groups is 1. The molecule has 0 bridgehead atoms. The van der Waals surface area contributed by atoms with Crippen LogP contribution >= 0.6 is 0 Å². The van der Waals surface area contributed by atoms with Gasteiger partial charge in [0.05, 0.1) is 17.4 Å². The number of carbonyl (C=O) groups is 2. The minimum Gasteiger partial charge on any atom is -0.378 e. The standard InChI is InChI=1S/C27H27N3O3/c1-17-10-15-22(18(2)16-17)29-26(31)23-24(19-11-13-20(14-12-19)28(3)4)30(33-25(23)27(29)32)21-8-6-5-7-9-21/h5-16,23-25H,1-4H3. The van der Waals surface area contributed by atoms with Crippen LogP contribution in [0.4, 0.5) is 17.1 Å². The molecule has 3 aromatic carbocycles. The van der Waals surface area contributed by atoms with Crippen LogP contribution in [0.2, 0.25) is 0 Å². The van der Waals surface area contributed by atoms with Crippen molar-refractivity contribution < 1.29 is 14.4 Å². The molecule has 2 amide bonds. The highest BCUT2D eigenvalue weighted by Gasteiger charge is 2.60. The van der Waals surface area contributed by atoms with Gasteiger partial charge in [-0.05, 0) is 55.3 Å². The first-order valence-corrected chi connectivity index (χ1v) is 11.1. The number of aryl methyl sites for hydroxylation is 2. The van der Waals surface area contributed by atoms with E-state index in [1.54, 1.807) is 5.06 Å². The first-order chi connectivity index (χ1) is 15.9. The molecule has 0 radical (unpaired) electrons. The third-order valence-electron chi connectivity index (χ3n) is 6.47. The first kappa shape index (κ1) is 21.2. The van der Waals surface area contributed by atoms with E-state index in [-0.39, 0.29) is 11.8 Å². The summed E-state index contributed by atoms with van der Waals surface area (Å²) in [4.78, 5) is 36.8. The number of fused-ring (bicyclic) bond motifs is 1. The molecule has 168 valence electrons. The number of amides is 2. The summed E-state index contributed by atoms with van der Waals surface area (Å²) >= 11 is 0. The topological polar surface area (TPSA) is 53.1 Å². The van der Waals surface area contributed by atoms with Crippen LogP contribution in [0.3, 0.4) is 0 Å². The summed E-state index contributed by atoms with van der Waals surface area (Å²) in [5.41, 5.74) is 5.41. The van der Waals surface area contributed by atoms with Gasteiger partial charge in [0.25, 0.3) is 5.91 Å². The molecule has 2 aliphatic rings. The molecule has 2 aliphatic heterocycles. The summed E-state index contributed by atoms with van der Waals surface area (Å²) in [5.74, 6) is -1.18. The quantitative estimate of drug-likeness (QED) is 0.561. The van der Waals surface area contributed by atoms with Crippen molar-refractivity contribution in [2.24, 2.45) is 5.92 Å². The monoisotopic (exact) mass is 441 g/mol. The van der Waals surface area contributed by atoms with Crippen molar-refractivity contribution in [1.29, 1.82) is 0 Å². The molecule has 6 heteroatoms. The molecule has 2 saturated heterocycles. The fraction of sp³-hybridized carbons (Fsp3) is 0.259. The van der Waals surface area contributed by atoms with Crippen LogP contribution in [0.25, 0.3) is 0 Å². The number of imide groups is 1. The second-order valence-electron chi connectivity index (χ2n) is 8.95. The van der Waals surface area contributed by atoms with E-state index in [4.69, 9.17) is 4.84 Å². The summed E-state index contributed by atoms with van der Waals surface area (Å²) in [7, 11) is 3.97. The Morgan fingerprint density at radius 1 is 0.848 bits per heavy atom. The van der Waals surface area contributed by atoms with Crippen molar-refractivity contribution in [1.82, 2.24) is 0 Å². The Balaban J connectivity index is 1.58. The molecule has 0 N–H and O–H groups in total. The summed E-state index contributed by atoms with van der Waals surface area (Å²) in [6.45, 7) is 3.92. The summed E-state index contributed by atoms with van der Waals surface area (Å²) < 4.78 is 0. The minimum absolute atomic E-state index is 0.225. The normalized spacial score (nSPS) is 22.1. The largest absolute Gasteiger partial charge is 0.378 e. The molecule has 6 nitrogen and oxygen atoms in total. The molecule has 2 heterocycles. The molecular formula is C27H27N3O3. The number of carbonyl (C=O) groups excluding carboxylic acids is 2. The molecule has 0 saturated carbocycles. The smallest absolute Gasteiger partial charge is 0.266 e. The Morgan fingerprint density at radius 2 is 1.55 bits per heavy atom. The Bertz CT molecular complexity index is 1210. The Morgan fingerprint density at radius 3 is 2.18 bits per heavy atom. The molecule has 3 aromatic rings. The predicted octanol–water partition coefficient (Wildman–Crippen LogP) is 4.42. The highest BCUT2D eigenvalue weighted by Crippen LogP contribution is 2.48. The third-order valence-corrected chi connectivity index (χ3v) is 6.47. The van der Waals surface area contributed by atoms with Gasteiger partial charge in [0, 0.05) is 19.8 Å². The number of nitrogens with zero attached hydrogens (tertiary/aromatic N) is 3. The average Bonchev–Trinajstić information content (AvgIpc) is 3.31. The Hall–Kier alpha value is -3.64. The fourth-order valence-corrected chi connectivity index (χ4v) is 4.82. The molecule has 5 rings (SSSR count). The fourth-order valence-electron chi connectivity index (χ4n) is 4.82. The highest BCUT2D eigenvalue weighted by atomic mass is 16.7. The number of benzene rings is 3. The summed E-state index contributed by atoms with van der Waals surface area (Å²) in [6.07, 6.45) is -0.864. The maximum absolute atomic E-state index is 13.8. The first-order valence-electron chi connectivity index (χ1n) is 11.1. The number of rotatable bonds is 4. The lowest BCUT2D eigenvalue weighted by Gasteiger charge is -2.29. The van der Waals surface area contributed by atoms with Crippen molar-refractivity contribution >= 4 is 28.9 Å². The van der Waals surface area contributed by atoms with E-state index in [1.807, 2.05) is 106 Å². The van der Waals surface area contributed by atoms with Crippen molar-refractivity contribution in [3.63, 3.8) is 0 Å².